The van der Waals surface area contributed by atoms with Crippen LogP contribution < -0.4 is 10.6 Å². The molecule has 0 saturated heterocycles. The predicted octanol–water partition coefficient (Wildman–Crippen LogP) is 2.80. The van der Waals surface area contributed by atoms with Gasteiger partial charge >= 0.3 is 6.03 Å². The molecule has 0 bridgehead atoms. The Morgan fingerprint density at radius 2 is 2.05 bits per heavy atom. The number of carbonyl (C=O) groups excluding carboxylic acids is 2. The van der Waals surface area contributed by atoms with E-state index < -0.39 is 0 Å². The SMILES string of the molecule is Cc1ccc(C(=O)CNC(=O)NCc2cccs2)s1. The van der Waals surface area contributed by atoms with Crippen LogP contribution in [0.15, 0.2) is 29.6 Å². The molecule has 2 aromatic heterocycles. The summed E-state index contributed by atoms with van der Waals surface area (Å²) in [5.74, 6) is -0.0654. The predicted molar refractivity (Wildman–Crippen MR) is 77.9 cm³/mol. The van der Waals surface area contributed by atoms with Crippen molar-refractivity contribution in [3.63, 3.8) is 0 Å². The van der Waals surface area contributed by atoms with Crippen LogP contribution in [-0.4, -0.2) is 18.4 Å². The average molecular weight is 294 g/mol. The van der Waals surface area contributed by atoms with Gasteiger partial charge in [0.1, 0.15) is 0 Å². The molecule has 0 spiro atoms. The van der Waals surface area contributed by atoms with E-state index in [9.17, 15) is 9.59 Å². The van der Waals surface area contributed by atoms with Gasteiger partial charge in [-0.05, 0) is 30.5 Å². The lowest BCUT2D eigenvalue weighted by molar-refractivity contribution is 0.0996. The van der Waals surface area contributed by atoms with Crippen LogP contribution in [0.3, 0.4) is 0 Å². The van der Waals surface area contributed by atoms with Crippen molar-refractivity contribution in [3.8, 4) is 0 Å². The number of aryl methyl sites for hydroxylation is 1. The summed E-state index contributed by atoms with van der Waals surface area (Å²) >= 11 is 3.02. The number of hydrogen-bond acceptors (Lipinski definition) is 4. The number of thiophene rings is 2. The topological polar surface area (TPSA) is 58.2 Å². The van der Waals surface area contributed by atoms with Gasteiger partial charge in [0.05, 0.1) is 18.0 Å². The zero-order valence-electron chi connectivity index (χ0n) is 10.4. The minimum atomic E-state index is -0.324. The van der Waals surface area contributed by atoms with E-state index in [0.29, 0.717) is 11.4 Å². The third-order valence-corrected chi connectivity index (χ3v) is 4.35. The van der Waals surface area contributed by atoms with E-state index in [2.05, 4.69) is 10.6 Å². The smallest absolute Gasteiger partial charge is 0.315 e. The van der Waals surface area contributed by atoms with Gasteiger partial charge in [-0.2, -0.15) is 0 Å². The summed E-state index contributed by atoms with van der Waals surface area (Å²) in [6, 6.07) is 7.24. The van der Waals surface area contributed by atoms with Crippen molar-refractivity contribution in [2.75, 3.05) is 6.54 Å². The van der Waals surface area contributed by atoms with Crippen LogP contribution in [0.2, 0.25) is 0 Å². The van der Waals surface area contributed by atoms with Crippen molar-refractivity contribution >= 4 is 34.5 Å². The number of rotatable bonds is 5. The highest BCUT2D eigenvalue weighted by atomic mass is 32.1. The molecule has 0 fully saturated rings. The van der Waals surface area contributed by atoms with Crippen LogP contribution in [0, 0.1) is 6.92 Å². The van der Waals surface area contributed by atoms with Crippen molar-refractivity contribution in [1.82, 2.24) is 10.6 Å². The summed E-state index contributed by atoms with van der Waals surface area (Å²) in [7, 11) is 0. The number of nitrogens with one attached hydrogen (secondary N) is 2. The minimum absolute atomic E-state index is 0.0240. The standard InChI is InChI=1S/C13H14N2O2S2/c1-9-4-5-12(19-9)11(16)8-15-13(17)14-7-10-3-2-6-18-10/h2-6H,7-8H2,1H3,(H2,14,15,17). The lowest BCUT2D eigenvalue weighted by Gasteiger charge is -2.05. The molecule has 2 N–H and O–H groups in total. The quantitative estimate of drug-likeness (QED) is 0.833. The molecular formula is C13H14N2O2S2. The normalized spacial score (nSPS) is 10.2. The fourth-order valence-corrected chi connectivity index (χ4v) is 2.92. The molecule has 0 unspecified atom stereocenters. The maximum atomic E-state index is 11.8. The van der Waals surface area contributed by atoms with E-state index in [1.807, 2.05) is 30.5 Å². The minimum Gasteiger partial charge on any atom is -0.333 e. The Balaban J connectivity index is 1.73. The highest BCUT2D eigenvalue weighted by molar-refractivity contribution is 7.14. The summed E-state index contributed by atoms with van der Waals surface area (Å²) in [5, 5.41) is 7.23. The molecule has 19 heavy (non-hydrogen) atoms. The van der Waals surface area contributed by atoms with Gasteiger partial charge in [0.2, 0.25) is 0 Å². The van der Waals surface area contributed by atoms with Gasteiger partial charge < -0.3 is 10.6 Å². The van der Waals surface area contributed by atoms with Crippen molar-refractivity contribution in [2.24, 2.45) is 0 Å². The number of carbonyl (C=O) groups is 2. The zero-order valence-corrected chi connectivity index (χ0v) is 12.1. The fourth-order valence-electron chi connectivity index (χ4n) is 1.48. The lowest BCUT2D eigenvalue weighted by Crippen LogP contribution is -2.37. The number of Topliss-reactive ketones (excluding diaryl/α,β-unsaturated/α-hetero) is 1. The third kappa shape index (κ3) is 4.18. The molecule has 0 atom stereocenters. The molecule has 0 aliphatic carbocycles. The Kier molecular flexibility index (Phi) is 4.70. The summed E-state index contributed by atoms with van der Waals surface area (Å²) in [4.78, 5) is 26.1. The number of ketones is 1. The second kappa shape index (κ2) is 6.49. The zero-order chi connectivity index (χ0) is 13.7. The molecule has 0 radical (unpaired) electrons. The van der Waals surface area contributed by atoms with Crippen molar-refractivity contribution in [2.45, 2.75) is 13.5 Å². The van der Waals surface area contributed by atoms with Gasteiger partial charge in [-0.1, -0.05) is 6.07 Å². The second-order valence-corrected chi connectivity index (χ2v) is 6.27. The number of amides is 2. The molecule has 2 heterocycles. The van der Waals surface area contributed by atoms with Crippen LogP contribution in [0.1, 0.15) is 19.4 Å². The summed E-state index contributed by atoms with van der Waals surface area (Å²) < 4.78 is 0. The van der Waals surface area contributed by atoms with Gasteiger partial charge in [-0.3, -0.25) is 4.79 Å². The Labute approximate surface area is 119 Å². The number of urea groups is 1. The van der Waals surface area contributed by atoms with E-state index in [4.69, 9.17) is 0 Å². The van der Waals surface area contributed by atoms with Crippen LogP contribution >= 0.6 is 22.7 Å². The van der Waals surface area contributed by atoms with E-state index >= 15 is 0 Å². The van der Waals surface area contributed by atoms with Crippen LogP contribution in [-0.2, 0) is 6.54 Å². The van der Waals surface area contributed by atoms with Crippen LogP contribution in [0.25, 0.3) is 0 Å². The van der Waals surface area contributed by atoms with E-state index in [1.54, 1.807) is 17.4 Å². The molecule has 6 heteroatoms. The maximum Gasteiger partial charge on any atom is 0.315 e. The molecule has 4 nitrogen and oxygen atoms in total. The van der Waals surface area contributed by atoms with Crippen LogP contribution in [0.4, 0.5) is 4.79 Å². The summed E-state index contributed by atoms with van der Waals surface area (Å²) in [5.41, 5.74) is 0. The van der Waals surface area contributed by atoms with Gasteiger partial charge in [0.15, 0.2) is 5.78 Å². The third-order valence-electron chi connectivity index (χ3n) is 2.43. The Morgan fingerprint density at radius 3 is 2.68 bits per heavy atom. The Morgan fingerprint density at radius 1 is 1.21 bits per heavy atom. The van der Waals surface area contributed by atoms with Crippen molar-refractivity contribution < 1.29 is 9.59 Å². The van der Waals surface area contributed by atoms with E-state index in [0.717, 1.165) is 9.75 Å². The fraction of sp³-hybridized carbons (Fsp3) is 0.231. The molecule has 0 aromatic carbocycles. The van der Waals surface area contributed by atoms with Crippen molar-refractivity contribution in [3.05, 3.63) is 44.3 Å². The Hall–Kier alpha value is -1.66. The monoisotopic (exact) mass is 294 g/mol. The highest BCUT2D eigenvalue weighted by Crippen LogP contribution is 2.15. The molecule has 0 aliphatic rings. The first-order chi connectivity index (χ1) is 9.15. The summed E-state index contributed by atoms with van der Waals surface area (Å²) in [6.45, 7) is 2.45. The van der Waals surface area contributed by atoms with Gasteiger partial charge in [-0.25, -0.2) is 4.79 Å². The van der Waals surface area contributed by atoms with E-state index in [-0.39, 0.29) is 18.4 Å². The molecule has 100 valence electrons. The first kappa shape index (κ1) is 13.8. The van der Waals surface area contributed by atoms with Gasteiger partial charge in [0, 0.05) is 9.75 Å². The maximum absolute atomic E-state index is 11.8. The average Bonchev–Trinajstić information content (AvgIpc) is 3.04. The largest absolute Gasteiger partial charge is 0.333 e. The molecule has 2 rings (SSSR count). The van der Waals surface area contributed by atoms with Gasteiger partial charge in [-0.15, -0.1) is 22.7 Å². The summed E-state index contributed by atoms with van der Waals surface area (Å²) in [6.07, 6.45) is 0. The Bertz CT molecular complexity index is 561. The first-order valence-electron chi connectivity index (χ1n) is 5.79. The lowest BCUT2D eigenvalue weighted by atomic mass is 10.3. The van der Waals surface area contributed by atoms with Crippen molar-refractivity contribution in [1.29, 1.82) is 0 Å². The molecule has 2 aromatic rings. The van der Waals surface area contributed by atoms with Crippen LogP contribution in [0.5, 0.6) is 0 Å². The number of hydrogen-bond donors (Lipinski definition) is 2. The molecule has 2 amide bonds. The van der Waals surface area contributed by atoms with Gasteiger partial charge in [0.25, 0.3) is 0 Å². The first-order valence-corrected chi connectivity index (χ1v) is 7.48. The highest BCUT2D eigenvalue weighted by Gasteiger charge is 2.09. The second-order valence-electron chi connectivity index (χ2n) is 3.95. The molecule has 0 saturated carbocycles. The van der Waals surface area contributed by atoms with E-state index in [1.165, 1.54) is 11.3 Å². The molecule has 0 aliphatic heterocycles. The molecular weight excluding hydrogens is 280 g/mol.